The van der Waals surface area contributed by atoms with Crippen LogP contribution >= 0.6 is 22.9 Å². The lowest BCUT2D eigenvalue weighted by molar-refractivity contribution is 0.590. The van der Waals surface area contributed by atoms with E-state index in [9.17, 15) is 9.59 Å². The summed E-state index contributed by atoms with van der Waals surface area (Å²) in [6.45, 7) is 6.46. The quantitative estimate of drug-likeness (QED) is 0.491. The molecule has 0 bridgehead atoms. The molecular weight excluding hydrogens is 418 g/mol. The molecule has 0 unspecified atom stereocenters. The van der Waals surface area contributed by atoms with Crippen LogP contribution in [0.5, 0.6) is 0 Å². The van der Waals surface area contributed by atoms with E-state index in [1.54, 1.807) is 12.1 Å². The molecule has 5 nitrogen and oxygen atoms in total. The normalized spacial score (nSPS) is 12.6. The van der Waals surface area contributed by atoms with Gasteiger partial charge in [0.05, 0.1) is 4.53 Å². The fourth-order valence-electron chi connectivity index (χ4n) is 3.10. The van der Waals surface area contributed by atoms with Crippen LogP contribution in [0.4, 0.5) is 0 Å². The average Bonchev–Trinajstić information content (AvgIpc) is 2.98. The topological polar surface area (TPSA) is 64.3 Å². The predicted molar refractivity (Wildman–Crippen MR) is 122 cm³/mol. The van der Waals surface area contributed by atoms with E-state index in [0.29, 0.717) is 9.55 Å². The minimum Gasteiger partial charge on any atom is -0.266 e. The summed E-state index contributed by atoms with van der Waals surface area (Å²) in [7, 11) is 0. The lowest BCUT2D eigenvalue weighted by Gasteiger charge is -2.18. The van der Waals surface area contributed by atoms with E-state index >= 15 is 0 Å². The number of hydrogen-bond donors (Lipinski definition) is 0. The first kappa shape index (κ1) is 20.4. The third-order valence-electron chi connectivity index (χ3n) is 4.84. The van der Waals surface area contributed by atoms with Gasteiger partial charge in [-0.05, 0) is 34.2 Å². The van der Waals surface area contributed by atoms with Gasteiger partial charge in [-0.1, -0.05) is 86.2 Å². The van der Waals surface area contributed by atoms with E-state index < -0.39 is 5.56 Å². The highest BCUT2D eigenvalue weighted by Gasteiger charge is 2.14. The molecule has 0 radical (unpaired) electrons. The minimum atomic E-state index is -0.447. The van der Waals surface area contributed by atoms with Gasteiger partial charge < -0.3 is 0 Å². The first-order valence-corrected chi connectivity index (χ1v) is 10.7. The number of fused-ring (bicyclic) bond motifs is 1. The summed E-state index contributed by atoms with van der Waals surface area (Å²) in [6, 6.07) is 15.3. The van der Waals surface area contributed by atoms with Crippen LogP contribution in [0.1, 0.15) is 43.2 Å². The Hall–Kier alpha value is -2.83. The highest BCUT2D eigenvalue weighted by molar-refractivity contribution is 7.15. The maximum Gasteiger partial charge on any atom is 0.296 e. The number of benzene rings is 2. The van der Waals surface area contributed by atoms with E-state index in [-0.39, 0.29) is 28.0 Å². The predicted octanol–water partition coefficient (Wildman–Crippen LogP) is 3.60. The summed E-state index contributed by atoms with van der Waals surface area (Å²) >= 11 is 7.34. The van der Waals surface area contributed by atoms with Crippen molar-refractivity contribution >= 4 is 34.0 Å². The molecule has 2 heterocycles. The zero-order valence-corrected chi connectivity index (χ0v) is 18.4. The van der Waals surface area contributed by atoms with Crippen molar-refractivity contribution in [2.75, 3.05) is 0 Å². The van der Waals surface area contributed by atoms with Crippen LogP contribution in [0, 0.1) is 0 Å². The lowest BCUT2D eigenvalue weighted by atomic mass is 9.87. The maximum atomic E-state index is 12.9. The second-order valence-corrected chi connectivity index (χ2v) is 9.53. The standard InChI is InChI=1S/C23H20ClN3O2S/c1-23(2,3)16-10-8-14(9-11-16)12-19-21(29)27-22(30-19)25-20(28)18(26-27)13-15-6-4-5-7-17(15)24/h4-12H,13H2,1-3H3. The van der Waals surface area contributed by atoms with Gasteiger partial charge in [0.25, 0.3) is 11.1 Å². The Labute approximate surface area is 182 Å². The molecule has 0 aliphatic heterocycles. The Morgan fingerprint density at radius 1 is 1.07 bits per heavy atom. The second kappa shape index (κ2) is 7.78. The van der Waals surface area contributed by atoms with E-state index in [1.165, 1.54) is 10.1 Å². The van der Waals surface area contributed by atoms with Crippen molar-refractivity contribution in [1.82, 2.24) is 14.6 Å². The zero-order chi connectivity index (χ0) is 21.5. The van der Waals surface area contributed by atoms with Crippen molar-refractivity contribution in [3.63, 3.8) is 0 Å². The molecule has 30 heavy (non-hydrogen) atoms. The van der Waals surface area contributed by atoms with E-state index in [1.807, 2.05) is 30.3 Å². The summed E-state index contributed by atoms with van der Waals surface area (Å²) in [5.74, 6) is 0. The molecule has 4 aromatic rings. The summed E-state index contributed by atoms with van der Waals surface area (Å²) in [6.07, 6.45) is 2.02. The van der Waals surface area contributed by atoms with Gasteiger partial charge in [-0.2, -0.15) is 14.6 Å². The molecule has 0 aliphatic carbocycles. The van der Waals surface area contributed by atoms with Crippen molar-refractivity contribution in [3.05, 3.63) is 101 Å². The average molecular weight is 438 g/mol. The summed E-state index contributed by atoms with van der Waals surface area (Å²) in [4.78, 5) is 29.6. The molecule has 4 rings (SSSR count). The Morgan fingerprint density at radius 3 is 2.43 bits per heavy atom. The van der Waals surface area contributed by atoms with Gasteiger partial charge in [0.1, 0.15) is 5.69 Å². The van der Waals surface area contributed by atoms with Crippen molar-refractivity contribution in [2.24, 2.45) is 0 Å². The summed E-state index contributed by atoms with van der Waals surface area (Å²) < 4.78 is 1.68. The molecule has 0 fully saturated rings. The van der Waals surface area contributed by atoms with Gasteiger partial charge in [-0.15, -0.1) is 0 Å². The number of nitrogens with zero attached hydrogens (tertiary/aromatic N) is 3. The van der Waals surface area contributed by atoms with Crippen molar-refractivity contribution < 1.29 is 0 Å². The smallest absolute Gasteiger partial charge is 0.266 e. The first-order valence-electron chi connectivity index (χ1n) is 9.51. The molecule has 152 valence electrons. The third kappa shape index (κ3) is 4.06. The van der Waals surface area contributed by atoms with Gasteiger partial charge >= 0.3 is 0 Å². The van der Waals surface area contributed by atoms with Crippen LogP contribution in [0.3, 0.4) is 0 Å². The SMILES string of the molecule is CC(C)(C)c1ccc(C=c2sc3nc(=O)c(Cc4ccccc4Cl)nn3c2=O)cc1. The minimum absolute atomic E-state index is 0.0616. The molecule has 0 saturated carbocycles. The highest BCUT2D eigenvalue weighted by atomic mass is 35.5. The van der Waals surface area contributed by atoms with Crippen LogP contribution < -0.4 is 15.7 Å². The number of aromatic nitrogens is 3. The monoisotopic (exact) mass is 437 g/mol. The van der Waals surface area contributed by atoms with Crippen LogP contribution in [0.2, 0.25) is 5.02 Å². The van der Waals surface area contributed by atoms with E-state index in [2.05, 4.69) is 43.0 Å². The van der Waals surface area contributed by atoms with Gasteiger partial charge in [0.15, 0.2) is 0 Å². The Balaban J connectivity index is 1.76. The second-order valence-electron chi connectivity index (χ2n) is 8.11. The third-order valence-corrected chi connectivity index (χ3v) is 6.17. The van der Waals surface area contributed by atoms with Crippen LogP contribution in [-0.4, -0.2) is 14.6 Å². The maximum absolute atomic E-state index is 12.9. The lowest BCUT2D eigenvalue weighted by Crippen LogP contribution is -2.28. The van der Waals surface area contributed by atoms with Crippen molar-refractivity contribution in [3.8, 4) is 0 Å². The Bertz CT molecular complexity index is 1400. The van der Waals surface area contributed by atoms with Gasteiger partial charge in [0, 0.05) is 11.4 Å². The Kier molecular flexibility index (Phi) is 5.30. The molecule has 2 aromatic carbocycles. The molecule has 0 amide bonds. The summed E-state index contributed by atoms with van der Waals surface area (Å²) in [5.41, 5.74) is 2.41. The fraction of sp³-hybridized carbons (Fsp3) is 0.217. The van der Waals surface area contributed by atoms with Gasteiger partial charge in [-0.3, -0.25) is 9.59 Å². The van der Waals surface area contributed by atoms with Gasteiger partial charge in [0.2, 0.25) is 4.96 Å². The number of hydrogen-bond acceptors (Lipinski definition) is 5. The fourth-order valence-corrected chi connectivity index (χ4v) is 4.21. The van der Waals surface area contributed by atoms with Crippen LogP contribution in [0.25, 0.3) is 11.0 Å². The molecule has 0 N–H and O–H groups in total. The molecule has 7 heteroatoms. The molecule has 0 saturated heterocycles. The summed E-state index contributed by atoms with van der Waals surface area (Å²) in [5, 5.41) is 4.83. The molecule has 2 aromatic heterocycles. The Morgan fingerprint density at radius 2 is 1.77 bits per heavy atom. The number of halogens is 1. The largest absolute Gasteiger partial charge is 0.296 e. The molecule has 0 aliphatic rings. The molecular formula is C23H20ClN3O2S. The highest BCUT2D eigenvalue weighted by Crippen LogP contribution is 2.22. The van der Waals surface area contributed by atoms with E-state index in [4.69, 9.17) is 11.6 Å². The van der Waals surface area contributed by atoms with Gasteiger partial charge in [-0.25, -0.2) is 0 Å². The number of thiazole rings is 1. The number of rotatable bonds is 3. The van der Waals surface area contributed by atoms with E-state index in [0.717, 1.165) is 22.5 Å². The van der Waals surface area contributed by atoms with Crippen molar-refractivity contribution in [2.45, 2.75) is 32.6 Å². The van der Waals surface area contributed by atoms with Crippen LogP contribution in [0.15, 0.2) is 58.1 Å². The van der Waals surface area contributed by atoms with Crippen molar-refractivity contribution in [1.29, 1.82) is 0 Å². The zero-order valence-electron chi connectivity index (χ0n) is 16.8. The molecule has 0 atom stereocenters. The van der Waals surface area contributed by atoms with Crippen LogP contribution in [-0.2, 0) is 11.8 Å². The first-order chi connectivity index (χ1) is 14.2. The molecule has 0 spiro atoms.